The molecule has 4 heteroatoms. The molecule has 0 unspecified atom stereocenters. The average molecular weight is 260 g/mol. The number of aromatic nitrogens is 1. The van der Waals surface area contributed by atoms with Crippen LogP contribution in [0.15, 0.2) is 23.6 Å². The van der Waals surface area contributed by atoms with Gasteiger partial charge in [-0.1, -0.05) is 13.8 Å². The van der Waals surface area contributed by atoms with E-state index in [1.165, 1.54) is 0 Å². The van der Waals surface area contributed by atoms with Crippen LogP contribution in [0, 0.1) is 0 Å². The molecule has 0 fully saturated rings. The number of thiazole rings is 1. The van der Waals surface area contributed by atoms with E-state index < -0.39 is 0 Å². The molecule has 1 aliphatic heterocycles. The van der Waals surface area contributed by atoms with Crippen LogP contribution in [-0.4, -0.2) is 18.1 Å². The fraction of sp³-hybridized carbons (Fsp3) is 0.357. The van der Waals surface area contributed by atoms with Crippen molar-refractivity contribution in [1.82, 2.24) is 4.98 Å². The Morgan fingerprint density at radius 2 is 2.28 bits per heavy atom. The molecule has 0 radical (unpaired) electrons. The normalized spacial score (nSPS) is 13.9. The molecule has 3 rings (SSSR count). The molecule has 0 amide bonds. The summed E-state index contributed by atoms with van der Waals surface area (Å²) in [6.07, 6.45) is 0. The van der Waals surface area contributed by atoms with Crippen LogP contribution in [0.5, 0.6) is 5.75 Å². The molecule has 18 heavy (non-hydrogen) atoms. The number of hydrogen-bond donors (Lipinski definition) is 1. The summed E-state index contributed by atoms with van der Waals surface area (Å²) in [5, 5.41) is 6.57. The molecule has 1 aliphatic rings. The summed E-state index contributed by atoms with van der Waals surface area (Å²) in [7, 11) is 0. The topological polar surface area (TPSA) is 34.1 Å². The SMILES string of the molecule is CC(C)c1csc(-c2ccc3c(c2)NCCO3)n1. The van der Waals surface area contributed by atoms with E-state index in [4.69, 9.17) is 4.74 Å². The van der Waals surface area contributed by atoms with Crippen LogP contribution in [0.4, 0.5) is 5.69 Å². The van der Waals surface area contributed by atoms with Crippen molar-refractivity contribution in [1.29, 1.82) is 0 Å². The Kier molecular flexibility index (Phi) is 2.96. The van der Waals surface area contributed by atoms with Gasteiger partial charge in [-0.3, -0.25) is 0 Å². The van der Waals surface area contributed by atoms with Gasteiger partial charge in [0.05, 0.1) is 11.4 Å². The summed E-state index contributed by atoms with van der Waals surface area (Å²) in [4.78, 5) is 4.68. The van der Waals surface area contributed by atoms with E-state index in [0.29, 0.717) is 5.92 Å². The Balaban J connectivity index is 1.95. The molecule has 1 aromatic heterocycles. The second-order valence-electron chi connectivity index (χ2n) is 4.72. The average Bonchev–Trinajstić information content (AvgIpc) is 2.88. The van der Waals surface area contributed by atoms with Crippen LogP contribution in [0.2, 0.25) is 0 Å². The fourth-order valence-corrected chi connectivity index (χ4v) is 2.94. The molecule has 94 valence electrons. The Labute approximate surface area is 111 Å². The van der Waals surface area contributed by atoms with Crippen molar-refractivity contribution in [3.8, 4) is 16.3 Å². The minimum absolute atomic E-state index is 0.481. The lowest BCUT2D eigenvalue weighted by Gasteiger charge is -2.19. The second-order valence-corrected chi connectivity index (χ2v) is 5.58. The Morgan fingerprint density at radius 3 is 3.06 bits per heavy atom. The van der Waals surface area contributed by atoms with Crippen LogP contribution < -0.4 is 10.1 Å². The Morgan fingerprint density at radius 1 is 1.39 bits per heavy atom. The molecule has 0 atom stereocenters. The fourth-order valence-electron chi connectivity index (χ4n) is 1.96. The molecular formula is C14H16N2OS. The number of ether oxygens (including phenoxy) is 1. The van der Waals surface area contributed by atoms with E-state index in [1.54, 1.807) is 11.3 Å². The van der Waals surface area contributed by atoms with Crippen LogP contribution in [-0.2, 0) is 0 Å². The number of hydrogen-bond acceptors (Lipinski definition) is 4. The number of anilines is 1. The molecule has 0 bridgehead atoms. The van der Waals surface area contributed by atoms with Gasteiger partial charge in [0.25, 0.3) is 0 Å². The summed E-state index contributed by atoms with van der Waals surface area (Å²) < 4.78 is 5.58. The summed E-state index contributed by atoms with van der Waals surface area (Å²) in [6.45, 7) is 5.94. The van der Waals surface area contributed by atoms with Crippen molar-refractivity contribution in [3.05, 3.63) is 29.3 Å². The van der Waals surface area contributed by atoms with Gasteiger partial charge in [-0.2, -0.15) is 0 Å². The maximum absolute atomic E-state index is 5.58. The molecule has 3 nitrogen and oxygen atoms in total. The van der Waals surface area contributed by atoms with Crippen molar-refractivity contribution < 1.29 is 4.74 Å². The highest BCUT2D eigenvalue weighted by molar-refractivity contribution is 7.13. The van der Waals surface area contributed by atoms with Crippen LogP contribution in [0.25, 0.3) is 10.6 Å². The highest BCUT2D eigenvalue weighted by atomic mass is 32.1. The zero-order valence-corrected chi connectivity index (χ0v) is 11.4. The van der Waals surface area contributed by atoms with E-state index in [0.717, 1.165) is 40.9 Å². The lowest BCUT2D eigenvalue weighted by Crippen LogP contribution is -2.17. The molecule has 2 heterocycles. The number of nitrogens with zero attached hydrogens (tertiary/aromatic N) is 1. The third-order valence-corrected chi connectivity index (χ3v) is 3.92. The summed E-state index contributed by atoms with van der Waals surface area (Å²) in [6, 6.07) is 6.22. The first-order valence-corrected chi connectivity index (χ1v) is 7.08. The zero-order chi connectivity index (χ0) is 12.5. The Bertz CT molecular complexity index is 563. The predicted octanol–water partition coefficient (Wildman–Crippen LogP) is 3.74. The summed E-state index contributed by atoms with van der Waals surface area (Å²) >= 11 is 1.70. The molecular weight excluding hydrogens is 244 g/mol. The van der Waals surface area contributed by atoms with Crippen molar-refractivity contribution >= 4 is 17.0 Å². The molecule has 0 saturated heterocycles. The standard InChI is InChI=1S/C14H16N2OS/c1-9(2)12-8-18-14(16-12)10-3-4-13-11(7-10)15-5-6-17-13/h3-4,7-9,15H,5-6H2,1-2H3. The van der Waals surface area contributed by atoms with Crippen molar-refractivity contribution in [2.24, 2.45) is 0 Å². The Hall–Kier alpha value is -1.55. The van der Waals surface area contributed by atoms with E-state index in [9.17, 15) is 0 Å². The van der Waals surface area contributed by atoms with Gasteiger partial charge in [0.1, 0.15) is 17.4 Å². The van der Waals surface area contributed by atoms with Gasteiger partial charge in [0.2, 0.25) is 0 Å². The second kappa shape index (κ2) is 4.61. The molecule has 1 N–H and O–H groups in total. The number of fused-ring (bicyclic) bond motifs is 1. The van der Waals surface area contributed by atoms with E-state index in [1.807, 2.05) is 6.07 Å². The minimum atomic E-state index is 0.481. The largest absolute Gasteiger partial charge is 0.490 e. The first-order valence-electron chi connectivity index (χ1n) is 6.20. The van der Waals surface area contributed by atoms with Gasteiger partial charge >= 0.3 is 0 Å². The number of rotatable bonds is 2. The minimum Gasteiger partial charge on any atom is -0.490 e. The summed E-state index contributed by atoms with van der Waals surface area (Å²) in [5.74, 6) is 1.42. The van der Waals surface area contributed by atoms with Crippen molar-refractivity contribution in [2.75, 3.05) is 18.5 Å². The highest BCUT2D eigenvalue weighted by Crippen LogP contribution is 2.34. The van der Waals surface area contributed by atoms with Gasteiger partial charge in [0.15, 0.2) is 0 Å². The van der Waals surface area contributed by atoms with Gasteiger partial charge in [-0.05, 0) is 24.1 Å². The number of nitrogens with one attached hydrogen (secondary N) is 1. The smallest absolute Gasteiger partial charge is 0.142 e. The molecule has 0 aliphatic carbocycles. The van der Waals surface area contributed by atoms with Crippen LogP contribution in [0.3, 0.4) is 0 Å². The number of benzene rings is 1. The molecule has 2 aromatic rings. The van der Waals surface area contributed by atoms with Gasteiger partial charge in [0, 0.05) is 17.5 Å². The molecule has 1 aromatic carbocycles. The third kappa shape index (κ3) is 2.08. The first kappa shape index (κ1) is 11.5. The highest BCUT2D eigenvalue weighted by Gasteiger charge is 2.13. The van der Waals surface area contributed by atoms with Gasteiger partial charge in [-0.25, -0.2) is 4.98 Å². The van der Waals surface area contributed by atoms with Gasteiger partial charge in [-0.15, -0.1) is 11.3 Å². The maximum atomic E-state index is 5.58. The van der Waals surface area contributed by atoms with Crippen molar-refractivity contribution in [3.63, 3.8) is 0 Å². The molecule has 0 spiro atoms. The van der Waals surface area contributed by atoms with E-state index >= 15 is 0 Å². The quantitative estimate of drug-likeness (QED) is 0.893. The predicted molar refractivity (Wildman–Crippen MR) is 75.6 cm³/mol. The lowest BCUT2D eigenvalue weighted by molar-refractivity contribution is 0.323. The summed E-state index contributed by atoms with van der Waals surface area (Å²) in [5.41, 5.74) is 3.39. The van der Waals surface area contributed by atoms with Crippen LogP contribution >= 0.6 is 11.3 Å². The van der Waals surface area contributed by atoms with Gasteiger partial charge < -0.3 is 10.1 Å². The maximum Gasteiger partial charge on any atom is 0.142 e. The van der Waals surface area contributed by atoms with Crippen LogP contribution in [0.1, 0.15) is 25.5 Å². The zero-order valence-electron chi connectivity index (χ0n) is 10.6. The van der Waals surface area contributed by atoms with Crippen molar-refractivity contribution in [2.45, 2.75) is 19.8 Å². The lowest BCUT2D eigenvalue weighted by atomic mass is 10.1. The first-order chi connectivity index (χ1) is 8.74. The monoisotopic (exact) mass is 260 g/mol. The van der Waals surface area contributed by atoms with E-state index in [-0.39, 0.29) is 0 Å². The van der Waals surface area contributed by atoms with E-state index in [2.05, 4.69) is 41.7 Å². The molecule has 0 saturated carbocycles. The third-order valence-electron chi connectivity index (χ3n) is 3.02.